The number of aliphatic hydroxyl groups excluding tert-OH is 1. The molecule has 2 rings (SSSR count). The van der Waals surface area contributed by atoms with Gasteiger partial charge in [-0.2, -0.15) is 0 Å². The number of amides is 2. The lowest BCUT2D eigenvalue weighted by molar-refractivity contribution is 0.129. The van der Waals surface area contributed by atoms with E-state index in [1.807, 2.05) is 4.57 Å². The first-order valence-corrected chi connectivity index (χ1v) is 7.74. The van der Waals surface area contributed by atoms with Gasteiger partial charge in [0.1, 0.15) is 6.33 Å². The van der Waals surface area contributed by atoms with E-state index in [2.05, 4.69) is 15.5 Å². The zero-order valence-corrected chi connectivity index (χ0v) is 13.1. The Balaban J connectivity index is 1.79. The van der Waals surface area contributed by atoms with Crippen LogP contribution in [0.3, 0.4) is 0 Å². The number of hydrogen-bond donors (Lipinski definition) is 2. The number of carbonyl (C=O) groups excluding carboxylic acids is 1. The van der Waals surface area contributed by atoms with Crippen LogP contribution in [0.4, 0.5) is 4.79 Å². The van der Waals surface area contributed by atoms with E-state index in [9.17, 15) is 9.90 Å². The van der Waals surface area contributed by atoms with Gasteiger partial charge in [-0.1, -0.05) is 0 Å². The van der Waals surface area contributed by atoms with E-state index in [0.29, 0.717) is 19.7 Å². The van der Waals surface area contributed by atoms with Gasteiger partial charge in [0.15, 0.2) is 5.82 Å². The molecule has 124 valence electrons. The first-order valence-electron chi connectivity index (χ1n) is 7.74. The van der Waals surface area contributed by atoms with Gasteiger partial charge >= 0.3 is 6.03 Å². The summed E-state index contributed by atoms with van der Waals surface area (Å²) in [5.74, 6) is 0.928. The molecule has 1 aliphatic heterocycles. The molecule has 1 fully saturated rings. The molecule has 0 radical (unpaired) electrons. The van der Waals surface area contributed by atoms with Crippen molar-refractivity contribution in [2.75, 3.05) is 33.4 Å². The average molecular weight is 311 g/mol. The number of ether oxygens (including phenoxy) is 1. The Morgan fingerprint density at radius 3 is 3.23 bits per heavy atom. The van der Waals surface area contributed by atoms with E-state index in [1.54, 1.807) is 18.3 Å². The fourth-order valence-electron chi connectivity index (χ4n) is 2.65. The third-order valence-electron chi connectivity index (χ3n) is 3.91. The van der Waals surface area contributed by atoms with Gasteiger partial charge in [-0.3, -0.25) is 0 Å². The Labute approximate surface area is 130 Å². The molecule has 2 heterocycles. The summed E-state index contributed by atoms with van der Waals surface area (Å²) in [6, 6.07) is -0.107. The number of aryl methyl sites for hydroxylation is 1. The minimum absolute atomic E-state index is 0.107. The van der Waals surface area contributed by atoms with Gasteiger partial charge in [0.05, 0.1) is 6.54 Å². The summed E-state index contributed by atoms with van der Waals surface area (Å²) in [4.78, 5) is 13.9. The van der Waals surface area contributed by atoms with Gasteiger partial charge in [0, 0.05) is 40.0 Å². The van der Waals surface area contributed by atoms with E-state index in [1.165, 1.54) is 0 Å². The largest absolute Gasteiger partial charge is 0.396 e. The number of nitrogens with zero attached hydrogens (tertiary/aromatic N) is 4. The molecule has 8 heteroatoms. The highest BCUT2D eigenvalue weighted by atomic mass is 16.5. The number of nitrogens with one attached hydrogen (secondary N) is 1. The van der Waals surface area contributed by atoms with Crippen LogP contribution in [0.1, 0.15) is 25.1 Å². The van der Waals surface area contributed by atoms with Gasteiger partial charge in [0.25, 0.3) is 0 Å². The first kappa shape index (κ1) is 16.7. The third kappa shape index (κ3) is 4.67. The molecule has 1 aliphatic rings. The molecule has 1 atom stereocenters. The Morgan fingerprint density at radius 1 is 1.59 bits per heavy atom. The SMILES string of the molecule is COCCCn1cnnc1CNC(=O)N1CCCC(CO)C1. The number of rotatable bonds is 7. The number of carbonyl (C=O) groups is 1. The van der Waals surface area contributed by atoms with Gasteiger partial charge in [-0.05, 0) is 25.2 Å². The van der Waals surface area contributed by atoms with E-state index >= 15 is 0 Å². The van der Waals surface area contributed by atoms with Crippen LogP contribution >= 0.6 is 0 Å². The van der Waals surface area contributed by atoms with Crippen LogP contribution in [-0.4, -0.2) is 64.2 Å². The predicted octanol–water partition coefficient (Wildman–Crippen LogP) is 0.229. The highest BCUT2D eigenvalue weighted by Gasteiger charge is 2.23. The van der Waals surface area contributed by atoms with Crippen molar-refractivity contribution in [3.8, 4) is 0 Å². The second-order valence-corrected chi connectivity index (χ2v) is 5.58. The zero-order valence-electron chi connectivity index (χ0n) is 13.1. The molecule has 22 heavy (non-hydrogen) atoms. The summed E-state index contributed by atoms with van der Waals surface area (Å²) in [5, 5.41) is 20.0. The fraction of sp³-hybridized carbons (Fsp3) is 0.786. The molecule has 2 N–H and O–H groups in total. The predicted molar refractivity (Wildman–Crippen MR) is 80.1 cm³/mol. The smallest absolute Gasteiger partial charge is 0.317 e. The Hall–Kier alpha value is -1.67. The monoisotopic (exact) mass is 311 g/mol. The average Bonchev–Trinajstić information content (AvgIpc) is 3.00. The number of aromatic nitrogens is 3. The van der Waals surface area contributed by atoms with Crippen LogP contribution in [-0.2, 0) is 17.8 Å². The number of aliphatic hydroxyl groups is 1. The second kappa shape index (κ2) is 8.70. The van der Waals surface area contributed by atoms with Gasteiger partial charge in [0.2, 0.25) is 0 Å². The minimum Gasteiger partial charge on any atom is -0.396 e. The van der Waals surface area contributed by atoms with Gasteiger partial charge in [-0.15, -0.1) is 10.2 Å². The number of hydrogen-bond acceptors (Lipinski definition) is 5. The van der Waals surface area contributed by atoms with Crippen LogP contribution < -0.4 is 5.32 Å². The molecule has 0 bridgehead atoms. The van der Waals surface area contributed by atoms with Crippen molar-refractivity contribution in [3.05, 3.63) is 12.2 Å². The maximum absolute atomic E-state index is 12.2. The molecule has 1 aromatic rings. The molecule has 0 aromatic carbocycles. The van der Waals surface area contributed by atoms with Crippen LogP contribution in [0.5, 0.6) is 0 Å². The van der Waals surface area contributed by atoms with Crippen molar-refractivity contribution in [2.45, 2.75) is 32.4 Å². The highest BCUT2D eigenvalue weighted by Crippen LogP contribution is 2.15. The van der Waals surface area contributed by atoms with Crippen LogP contribution in [0.15, 0.2) is 6.33 Å². The highest BCUT2D eigenvalue weighted by molar-refractivity contribution is 5.74. The third-order valence-corrected chi connectivity index (χ3v) is 3.91. The Kier molecular flexibility index (Phi) is 6.60. The van der Waals surface area contributed by atoms with Crippen molar-refractivity contribution >= 4 is 6.03 Å². The van der Waals surface area contributed by atoms with Gasteiger partial charge in [-0.25, -0.2) is 4.79 Å². The van der Waals surface area contributed by atoms with Crippen LogP contribution in [0, 0.1) is 5.92 Å². The summed E-state index contributed by atoms with van der Waals surface area (Å²) < 4.78 is 6.95. The standard InChI is InChI=1S/C14H25N5O3/c1-22-7-3-6-19-11-16-17-13(19)8-15-14(21)18-5-2-4-12(9-18)10-20/h11-12,20H,2-10H2,1H3,(H,15,21). The fourth-order valence-corrected chi connectivity index (χ4v) is 2.65. The molecule has 8 nitrogen and oxygen atoms in total. The van der Waals surface area contributed by atoms with Crippen molar-refractivity contribution in [1.82, 2.24) is 25.0 Å². The molecule has 2 amide bonds. The first-order chi connectivity index (χ1) is 10.7. The molecular weight excluding hydrogens is 286 g/mol. The number of likely N-dealkylation sites (tertiary alicyclic amines) is 1. The lowest BCUT2D eigenvalue weighted by atomic mass is 9.99. The number of urea groups is 1. The molecular formula is C14H25N5O3. The molecule has 0 spiro atoms. The molecule has 1 aromatic heterocycles. The van der Waals surface area contributed by atoms with Crippen molar-refractivity contribution in [1.29, 1.82) is 0 Å². The summed E-state index contributed by atoms with van der Waals surface area (Å²) in [6.07, 6.45) is 4.46. The number of methoxy groups -OCH3 is 1. The topological polar surface area (TPSA) is 92.5 Å². The Bertz CT molecular complexity index is 465. The van der Waals surface area contributed by atoms with Crippen LogP contribution in [0.2, 0.25) is 0 Å². The number of piperidine rings is 1. The van der Waals surface area contributed by atoms with Crippen molar-refractivity contribution in [3.63, 3.8) is 0 Å². The summed E-state index contributed by atoms with van der Waals surface area (Å²) in [7, 11) is 1.67. The maximum Gasteiger partial charge on any atom is 0.317 e. The lowest BCUT2D eigenvalue weighted by Crippen LogP contribution is -2.46. The summed E-state index contributed by atoms with van der Waals surface area (Å²) >= 11 is 0. The maximum atomic E-state index is 12.2. The molecule has 0 aliphatic carbocycles. The van der Waals surface area contributed by atoms with Gasteiger partial charge < -0.3 is 24.6 Å². The minimum atomic E-state index is -0.107. The van der Waals surface area contributed by atoms with Crippen LogP contribution in [0.25, 0.3) is 0 Å². The zero-order chi connectivity index (χ0) is 15.8. The molecule has 1 unspecified atom stereocenters. The summed E-state index contributed by atoms with van der Waals surface area (Å²) in [5.41, 5.74) is 0. The molecule has 1 saturated heterocycles. The van der Waals surface area contributed by atoms with E-state index < -0.39 is 0 Å². The van der Waals surface area contributed by atoms with E-state index in [0.717, 1.165) is 38.2 Å². The van der Waals surface area contributed by atoms with Crippen molar-refractivity contribution < 1.29 is 14.6 Å². The normalized spacial score (nSPS) is 18.5. The second-order valence-electron chi connectivity index (χ2n) is 5.58. The van der Waals surface area contributed by atoms with E-state index in [-0.39, 0.29) is 18.6 Å². The quantitative estimate of drug-likeness (QED) is 0.703. The molecule has 0 saturated carbocycles. The summed E-state index contributed by atoms with van der Waals surface area (Å²) in [6.45, 7) is 3.29. The lowest BCUT2D eigenvalue weighted by Gasteiger charge is -2.31. The van der Waals surface area contributed by atoms with Crippen molar-refractivity contribution in [2.24, 2.45) is 5.92 Å². The Morgan fingerprint density at radius 2 is 2.45 bits per heavy atom. The van der Waals surface area contributed by atoms with E-state index in [4.69, 9.17) is 4.74 Å².